The fourth-order valence-electron chi connectivity index (χ4n) is 3.63. The van der Waals surface area contributed by atoms with E-state index in [0.717, 1.165) is 12.8 Å². The summed E-state index contributed by atoms with van der Waals surface area (Å²) in [6.07, 6.45) is 11.5. The fourth-order valence-corrected chi connectivity index (χ4v) is 4.42. The topological polar surface area (TPSA) is 3.24 Å². The monoisotopic (exact) mass is 327 g/mol. The molecule has 2 aliphatic rings. The summed E-state index contributed by atoms with van der Waals surface area (Å²) in [6.45, 7) is 3.48. The number of fused-ring (bicyclic) bond motifs is 2. The largest absolute Gasteiger partial charge is 0.295 e. The lowest BCUT2D eigenvalue weighted by Gasteiger charge is -2.50. The first-order chi connectivity index (χ1) is 8.74. The van der Waals surface area contributed by atoms with Crippen LogP contribution in [0.1, 0.15) is 64.7 Å². The molecule has 2 rings (SSSR count). The molecule has 0 spiro atoms. The minimum Gasteiger partial charge on any atom is -0.295 e. The van der Waals surface area contributed by atoms with Gasteiger partial charge in [-0.05, 0) is 38.6 Å². The molecule has 19 heavy (non-hydrogen) atoms. The van der Waals surface area contributed by atoms with Gasteiger partial charge in [-0.2, -0.15) is 0 Å². The Morgan fingerprint density at radius 2 is 1.37 bits per heavy atom. The van der Waals surface area contributed by atoms with Gasteiger partial charge in [0.1, 0.15) is 0 Å². The summed E-state index contributed by atoms with van der Waals surface area (Å²) in [4.78, 5) is 2.65. The van der Waals surface area contributed by atoms with Crippen LogP contribution in [0.2, 0.25) is 0 Å². The van der Waals surface area contributed by atoms with E-state index in [2.05, 4.69) is 11.8 Å². The molecular formula is C15H28Cl3N. The molecule has 0 unspecified atom stereocenters. The zero-order valence-corrected chi connectivity index (χ0v) is 14.3. The van der Waals surface area contributed by atoms with E-state index in [-0.39, 0.29) is 12.4 Å². The van der Waals surface area contributed by atoms with E-state index in [1.54, 1.807) is 0 Å². The lowest BCUT2D eigenvalue weighted by Crippen LogP contribution is -2.58. The highest BCUT2D eigenvalue weighted by atomic mass is 35.5. The Bertz CT molecular complexity index is 232. The average molecular weight is 329 g/mol. The maximum Gasteiger partial charge on any atom is 0.0492 e. The second kappa shape index (κ2) is 8.97. The summed E-state index contributed by atoms with van der Waals surface area (Å²) < 4.78 is 0. The highest BCUT2D eigenvalue weighted by Crippen LogP contribution is 2.38. The average Bonchev–Trinajstić information content (AvgIpc) is 2.36. The second-order valence-electron chi connectivity index (χ2n) is 5.97. The molecule has 114 valence electrons. The standard InChI is InChI=1S/C15H27Cl2N.ClH/c1-2-3-4-5-6-11-18-14-9-7-12(16)15(18)10-8-13(14)17;/h12-15H,2-11H2,1H3;1H/t12-,13+,14-,15-;/m0./s1. The molecule has 0 aromatic rings. The molecule has 4 atom stereocenters. The molecule has 2 saturated heterocycles. The number of unbranched alkanes of at least 4 members (excludes halogenated alkanes) is 4. The summed E-state index contributed by atoms with van der Waals surface area (Å²) in [5, 5.41) is 0.724. The zero-order chi connectivity index (χ0) is 13.0. The predicted molar refractivity (Wildman–Crippen MR) is 88.0 cm³/mol. The predicted octanol–water partition coefficient (Wildman–Crippen LogP) is 5.22. The molecule has 2 heterocycles. The maximum atomic E-state index is 6.50. The summed E-state index contributed by atoms with van der Waals surface area (Å²) in [5.74, 6) is 0. The molecule has 2 bridgehead atoms. The minimum absolute atomic E-state index is 0. The highest BCUT2D eigenvalue weighted by Gasteiger charge is 2.42. The summed E-state index contributed by atoms with van der Waals surface area (Å²) >= 11 is 13.0. The molecule has 0 N–H and O–H groups in total. The lowest BCUT2D eigenvalue weighted by molar-refractivity contribution is 0.0449. The first kappa shape index (κ1) is 17.9. The van der Waals surface area contributed by atoms with Crippen LogP contribution in [-0.2, 0) is 0 Å². The van der Waals surface area contributed by atoms with Gasteiger partial charge in [-0.15, -0.1) is 35.6 Å². The van der Waals surface area contributed by atoms with Crippen LogP contribution in [0.4, 0.5) is 0 Å². The third-order valence-electron chi connectivity index (χ3n) is 4.68. The van der Waals surface area contributed by atoms with E-state index in [9.17, 15) is 0 Å². The van der Waals surface area contributed by atoms with Crippen molar-refractivity contribution in [2.75, 3.05) is 6.54 Å². The fraction of sp³-hybridized carbons (Fsp3) is 1.00. The summed E-state index contributed by atoms with van der Waals surface area (Å²) in [6, 6.07) is 1.21. The normalized spacial score (nSPS) is 34.9. The van der Waals surface area contributed by atoms with Gasteiger partial charge in [-0.25, -0.2) is 0 Å². The van der Waals surface area contributed by atoms with Crippen molar-refractivity contribution in [3.63, 3.8) is 0 Å². The molecule has 0 saturated carbocycles. The maximum absolute atomic E-state index is 6.50. The van der Waals surface area contributed by atoms with E-state index in [0.29, 0.717) is 22.8 Å². The van der Waals surface area contributed by atoms with Crippen LogP contribution < -0.4 is 0 Å². The number of hydrogen-bond donors (Lipinski definition) is 0. The number of piperidine rings is 2. The smallest absolute Gasteiger partial charge is 0.0492 e. The first-order valence-electron chi connectivity index (χ1n) is 7.78. The number of halogens is 3. The van der Waals surface area contributed by atoms with Gasteiger partial charge in [-0.1, -0.05) is 32.6 Å². The molecule has 2 fully saturated rings. The molecule has 2 aliphatic heterocycles. The van der Waals surface area contributed by atoms with Crippen molar-refractivity contribution in [1.82, 2.24) is 4.90 Å². The summed E-state index contributed by atoms with van der Waals surface area (Å²) in [7, 11) is 0. The van der Waals surface area contributed by atoms with Crippen molar-refractivity contribution >= 4 is 35.6 Å². The minimum atomic E-state index is 0. The van der Waals surface area contributed by atoms with Crippen molar-refractivity contribution in [2.24, 2.45) is 0 Å². The van der Waals surface area contributed by atoms with Crippen molar-refractivity contribution in [2.45, 2.75) is 87.5 Å². The van der Waals surface area contributed by atoms with Crippen LogP contribution >= 0.6 is 35.6 Å². The molecule has 0 aromatic heterocycles. The molecule has 0 radical (unpaired) electrons. The van der Waals surface area contributed by atoms with Crippen LogP contribution in [0, 0.1) is 0 Å². The Balaban J connectivity index is 0.00000180. The second-order valence-corrected chi connectivity index (χ2v) is 7.09. The number of nitrogens with zero attached hydrogens (tertiary/aromatic N) is 1. The summed E-state index contributed by atoms with van der Waals surface area (Å²) in [5.41, 5.74) is 0. The molecule has 4 heteroatoms. The van der Waals surface area contributed by atoms with E-state index < -0.39 is 0 Å². The van der Waals surface area contributed by atoms with Crippen LogP contribution in [-0.4, -0.2) is 34.3 Å². The third-order valence-corrected chi connectivity index (χ3v) is 5.70. The van der Waals surface area contributed by atoms with E-state index in [1.165, 1.54) is 51.5 Å². The van der Waals surface area contributed by atoms with Crippen molar-refractivity contribution < 1.29 is 0 Å². The zero-order valence-electron chi connectivity index (χ0n) is 12.0. The Kier molecular flexibility index (Phi) is 8.44. The molecule has 0 amide bonds. The van der Waals surface area contributed by atoms with Gasteiger partial charge < -0.3 is 0 Å². The molecule has 0 aliphatic carbocycles. The molecular weight excluding hydrogens is 301 g/mol. The van der Waals surface area contributed by atoms with Crippen LogP contribution in [0.25, 0.3) is 0 Å². The quantitative estimate of drug-likeness (QED) is 0.477. The van der Waals surface area contributed by atoms with Crippen molar-refractivity contribution in [3.05, 3.63) is 0 Å². The van der Waals surface area contributed by atoms with Gasteiger partial charge in [0.05, 0.1) is 0 Å². The van der Waals surface area contributed by atoms with Gasteiger partial charge >= 0.3 is 0 Å². The Labute approximate surface area is 134 Å². The van der Waals surface area contributed by atoms with Crippen LogP contribution in [0.3, 0.4) is 0 Å². The van der Waals surface area contributed by atoms with Gasteiger partial charge in [0, 0.05) is 22.8 Å². The van der Waals surface area contributed by atoms with E-state index in [4.69, 9.17) is 23.2 Å². The lowest BCUT2D eigenvalue weighted by atomic mass is 9.83. The van der Waals surface area contributed by atoms with Gasteiger partial charge in [0.15, 0.2) is 0 Å². The number of alkyl halides is 2. The molecule has 0 aromatic carbocycles. The number of rotatable bonds is 6. The van der Waals surface area contributed by atoms with Gasteiger partial charge in [0.2, 0.25) is 0 Å². The van der Waals surface area contributed by atoms with Gasteiger partial charge in [0.25, 0.3) is 0 Å². The van der Waals surface area contributed by atoms with E-state index in [1.807, 2.05) is 0 Å². The third kappa shape index (κ3) is 4.66. The van der Waals surface area contributed by atoms with Gasteiger partial charge in [-0.3, -0.25) is 4.90 Å². The van der Waals surface area contributed by atoms with Crippen LogP contribution in [0.5, 0.6) is 0 Å². The number of hydrogen-bond acceptors (Lipinski definition) is 1. The Hall–Kier alpha value is 0.830. The van der Waals surface area contributed by atoms with Crippen molar-refractivity contribution in [1.29, 1.82) is 0 Å². The molecule has 1 nitrogen and oxygen atoms in total. The highest BCUT2D eigenvalue weighted by molar-refractivity contribution is 6.22. The van der Waals surface area contributed by atoms with Crippen molar-refractivity contribution in [3.8, 4) is 0 Å². The Morgan fingerprint density at radius 1 is 0.842 bits per heavy atom. The Morgan fingerprint density at radius 3 is 1.89 bits per heavy atom. The SMILES string of the molecule is CCCCCCCN1[C@H]2CC[C@H](Cl)[C@@H]1CC[C@H]2Cl.Cl. The van der Waals surface area contributed by atoms with E-state index >= 15 is 0 Å². The van der Waals surface area contributed by atoms with Crippen LogP contribution in [0.15, 0.2) is 0 Å². The first-order valence-corrected chi connectivity index (χ1v) is 8.65.